The molecule has 0 saturated heterocycles. The van der Waals surface area contributed by atoms with E-state index in [0.29, 0.717) is 0 Å². The Bertz CT molecular complexity index is 2850. The predicted octanol–water partition coefficient (Wildman–Crippen LogP) is 14.2. The van der Waals surface area contributed by atoms with Gasteiger partial charge in [-0.3, -0.25) is 0 Å². The van der Waals surface area contributed by atoms with Crippen molar-refractivity contribution >= 4 is 27.8 Å². The van der Waals surface area contributed by atoms with Crippen molar-refractivity contribution in [3.63, 3.8) is 0 Å². The smallest absolute Gasteiger partial charge is 0.0543 e. The highest BCUT2D eigenvalue weighted by atomic mass is 15.1. The molecule has 11 rings (SSSR count). The highest BCUT2D eigenvalue weighted by molar-refractivity contribution is 6.19. The van der Waals surface area contributed by atoms with Crippen molar-refractivity contribution < 1.29 is 0 Å². The van der Waals surface area contributed by atoms with Crippen LogP contribution in [-0.4, -0.2) is 0 Å². The average molecular weight is 678 g/mol. The van der Waals surface area contributed by atoms with Crippen molar-refractivity contribution in [3.05, 3.63) is 186 Å². The molecule has 8 aromatic carbocycles. The van der Waals surface area contributed by atoms with E-state index >= 15 is 0 Å². The van der Waals surface area contributed by atoms with Crippen LogP contribution in [-0.2, 0) is 10.8 Å². The fourth-order valence-corrected chi connectivity index (χ4v) is 10.1. The molecule has 3 aliphatic rings. The number of benzene rings is 8. The third-order valence-electron chi connectivity index (χ3n) is 12.6. The number of fused-ring (bicyclic) bond motifs is 9. The zero-order valence-electron chi connectivity index (χ0n) is 30.5. The molecule has 1 nitrogen and oxygen atoms in total. The molecule has 0 radical (unpaired) electrons. The third-order valence-corrected chi connectivity index (χ3v) is 12.6. The summed E-state index contributed by atoms with van der Waals surface area (Å²) >= 11 is 0. The molecule has 0 N–H and O–H groups in total. The molecular formula is C52H39N. The van der Waals surface area contributed by atoms with E-state index in [0.717, 1.165) is 5.69 Å². The van der Waals surface area contributed by atoms with E-state index in [1.165, 1.54) is 100 Å². The van der Waals surface area contributed by atoms with Crippen molar-refractivity contribution in [1.82, 2.24) is 0 Å². The van der Waals surface area contributed by atoms with Gasteiger partial charge in [0.25, 0.3) is 0 Å². The maximum Gasteiger partial charge on any atom is 0.0543 e. The first-order valence-corrected chi connectivity index (χ1v) is 18.9. The summed E-state index contributed by atoms with van der Waals surface area (Å²) < 4.78 is 0. The molecule has 0 spiro atoms. The van der Waals surface area contributed by atoms with Gasteiger partial charge in [0, 0.05) is 27.8 Å². The van der Waals surface area contributed by atoms with Gasteiger partial charge in [-0.25, -0.2) is 0 Å². The molecule has 0 bridgehead atoms. The van der Waals surface area contributed by atoms with Crippen molar-refractivity contribution in [3.8, 4) is 55.6 Å². The predicted molar refractivity (Wildman–Crippen MR) is 224 cm³/mol. The van der Waals surface area contributed by atoms with E-state index in [9.17, 15) is 0 Å². The van der Waals surface area contributed by atoms with E-state index in [1.807, 2.05) is 0 Å². The summed E-state index contributed by atoms with van der Waals surface area (Å²) in [5.41, 5.74) is 22.0. The van der Waals surface area contributed by atoms with E-state index in [4.69, 9.17) is 0 Å². The van der Waals surface area contributed by atoms with Gasteiger partial charge < -0.3 is 4.90 Å². The third kappa shape index (κ3) is 4.08. The van der Waals surface area contributed by atoms with Gasteiger partial charge in [0.15, 0.2) is 0 Å². The SMILES string of the molecule is CC1(C)c2ccccc2-c2ccc(N(c3cccc(-c4ccc5cccc6c5c4-c4ccccc4-6)c3)c3cccc4c3-c3ccccc3C4(C)C)cc21. The Morgan fingerprint density at radius 1 is 0.358 bits per heavy atom. The molecule has 0 aromatic heterocycles. The van der Waals surface area contributed by atoms with Crippen LogP contribution in [0.15, 0.2) is 164 Å². The lowest BCUT2D eigenvalue weighted by atomic mass is 9.82. The topological polar surface area (TPSA) is 3.24 Å². The summed E-state index contributed by atoms with van der Waals surface area (Å²) in [5.74, 6) is 0. The van der Waals surface area contributed by atoms with Crippen LogP contribution in [0, 0.1) is 0 Å². The van der Waals surface area contributed by atoms with Crippen molar-refractivity contribution in [2.75, 3.05) is 4.90 Å². The second kappa shape index (κ2) is 10.7. The van der Waals surface area contributed by atoms with Gasteiger partial charge in [0.2, 0.25) is 0 Å². The lowest BCUT2D eigenvalue weighted by Crippen LogP contribution is -2.17. The average Bonchev–Trinajstić information content (AvgIpc) is 3.74. The molecule has 8 aromatic rings. The Morgan fingerprint density at radius 2 is 0.943 bits per heavy atom. The van der Waals surface area contributed by atoms with Crippen LogP contribution in [0.5, 0.6) is 0 Å². The maximum absolute atomic E-state index is 2.53. The first kappa shape index (κ1) is 30.4. The summed E-state index contributed by atoms with van der Waals surface area (Å²) in [6, 6.07) is 61.5. The quantitative estimate of drug-likeness (QED) is 0.179. The highest BCUT2D eigenvalue weighted by Crippen LogP contribution is 2.56. The number of rotatable bonds is 4. The van der Waals surface area contributed by atoms with Crippen LogP contribution < -0.4 is 4.90 Å². The molecule has 0 fully saturated rings. The van der Waals surface area contributed by atoms with Gasteiger partial charge in [-0.05, 0) is 113 Å². The minimum absolute atomic E-state index is 0.0998. The Labute approximate surface area is 311 Å². The summed E-state index contributed by atoms with van der Waals surface area (Å²) in [6.07, 6.45) is 0. The Balaban J connectivity index is 1.16. The molecule has 53 heavy (non-hydrogen) atoms. The second-order valence-electron chi connectivity index (χ2n) is 16.1. The van der Waals surface area contributed by atoms with Crippen LogP contribution in [0.2, 0.25) is 0 Å². The summed E-state index contributed by atoms with van der Waals surface area (Å²) in [7, 11) is 0. The minimum Gasteiger partial charge on any atom is -0.310 e. The first-order valence-electron chi connectivity index (χ1n) is 18.9. The second-order valence-corrected chi connectivity index (χ2v) is 16.1. The minimum atomic E-state index is -0.108. The molecule has 252 valence electrons. The highest BCUT2D eigenvalue weighted by Gasteiger charge is 2.39. The Kier molecular flexibility index (Phi) is 6.14. The zero-order valence-corrected chi connectivity index (χ0v) is 30.5. The molecule has 3 aliphatic carbocycles. The van der Waals surface area contributed by atoms with Crippen molar-refractivity contribution in [2.24, 2.45) is 0 Å². The van der Waals surface area contributed by atoms with E-state index in [-0.39, 0.29) is 10.8 Å². The van der Waals surface area contributed by atoms with Crippen molar-refractivity contribution in [2.45, 2.75) is 38.5 Å². The van der Waals surface area contributed by atoms with Crippen LogP contribution in [0.25, 0.3) is 66.4 Å². The van der Waals surface area contributed by atoms with Crippen LogP contribution in [0.3, 0.4) is 0 Å². The molecule has 1 heteroatoms. The van der Waals surface area contributed by atoms with Crippen LogP contribution >= 0.6 is 0 Å². The molecular weight excluding hydrogens is 639 g/mol. The normalized spacial score (nSPS) is 14.7. The number of anilines is 3. The largest absolute Gasteiger partial charge is 0.310 e. The van der Waals surface area contributed by atoms with E-state index < -0.39 is 0 Å². The van der Waals surface area contributed by atoms with Gasteiger partial charge in [-0.2, -0.15) is 0 Å². The lowest BCUT2D eigenvalue weighted by molar-refractivity contribution is 0.660. The molecule has 0 heterocycles. The number of nitrogens with zero attached hydrogens (tertiary/aromatic N) is 1. The van der Waals surface area contributed by atoms with E-state index in [1.54, 1.807) is 0 Å². The molecule has 0 atom stereocenters. The number of hydrogen-bond acceptors (Lipinski definition) is 1. The standard InChI is InChI=1S/C52H39N/c1-51(2)44-23-10-8-20-42(44)50-45(51)24-13-25-47(50)53(35-27-29-39-38-18-7-9-22-43(38)52(3,4)46(39)31-35)34-16-11-15-33(30-34)36-28-26-32-14-12-21-40-37-17-5-6-19-41(37)49(36)48(32)40/h5-31H,1-4H3. The van der Waals surface area contributed by atoms with Gasteiger partial charge in [0.1, 0.15) is 0 Å². The fraction of sp³-hybridized carbons (Fsp3) is 0.115. The van der Waals surface area contributed by atoms with Gasteiger partial charge >= 0.3 is 0 Å². The Morgan fingerprint density at radius 3 is 1.77 bits per heavy atom. The van der Waals surface area contributed by atoms with Crippen LogP contribution in [0.4, 0.5) is 17.1 Å². The van der Waals surface area contributed by atoms with Gasteiger partial charge in [-0.15, -0.1) is 0 Å². The summed E-state index contributed by atoms with van der Waals surface area (Å²) in [4.78, 5) is 2.53. The Hall–Kier alpha value is -6.18. The zero-order chi connectivity index (χ0) is 35.6. The molecule has 0 aliphatic heterocycles. The molecule has 0 saturated carbocycles. The summed E-state index contributed by atoms with van der Waals surface area (Å²) in [6.45, 7) is 9.49. The number of hydrogen-bond donors (Lipinski definition) is 0. The van der Waals surface area contributed by atoms with Crippen molar-refractivity contribution in [1.29, 1.82) is 0 Å². The lowest BCUT2D eigenvalue weighted by Gasteiger charge is -2.30. The van der Waals surface area contributed by atoms with E-state index in [2.05, 4.69) is 196 Å². The summed E-state index contributed by atoms with van der Waals surface area (Å²) in [5, 5.41) is 2.65. The monoisotopic (exact) mass is 677 g/mol. The fourth-order valence-electron chi connectivity index (χ4n) is 10.1. The molecule has 0 unspecified atom stereocenters. The van der Waals surface area contributed by atoms with Gasteiger partial charge in [-0.1, -0.05) is 161 Å². The van der Waals surface area contributed by atoms with Crippen LogP contribution in [0.1, 0.15) is 49.9 Å². The molecule has 0 amide bonds. The first-order chi connectivity index (χ1) is 25.8. The maximum atomic E-state index is 2.53. The van der Waals surface area contributed by atoms with Gasteiger partial charge in [0.05, 0.1) is 5.69 Å².